The fourth-order valence-corrected chi connectivity index (χ4v) is 3.94. The van der Waals surface area contributed by atoms with Crippen molar-refractivity contribution in [3.8, 4) is 0 Å². The average molecular weight is 385 g/mol. The monoisotopic (exact) mass is 385 g/mol. The van der Waals surface area contributed by atoms with Crippen LogP contribution < -0.4 is 0 Å². The van der Waals surface area contributed by atoms with Crippen LogP contribution in [0, 0.1) is 0 Å². The van der Waals surface area contributed by atoms with Gasteiger partial charge in [-0.3, -0.25) is 9.59 Å². The number of aliphatic carboxylic acids is 1. The van der Waals surface area contributed by atoms with Gasteiger partial charge in [-0.25, -0.2) is 13.2 Å². The lowest BCUT2D eigenvalue weighted by Crippen LogP contribution is -2.37. The SMILES string of the molecule is CC1=C(CC(=O)O)C2=CC(O)=C(F)CC2N1C(=O)c1csc(C(F)F)c1. The van der Waals surface area contributed by atoms with Crippen LogP contribution in [-0.4, -0.2) is 33.0 Å². The van der Waals surface area contributed by atoms with Crippen LogP contribution in [-0.2, 0) is 4.79 Å². The Labute approximate surface area is 150 Å². The number of allylic oxidation sites excluding steroid dienone is 2. The first-order valence-electron chi connectivity index (χ1n) is 7.62. The Kier molecular flexibility index (Phi) is 4.66. The minimum Gasteiger partial charge on any atom is -0.505 e. The van der Waals surface area contributed by atoms with E-state index in [1.54, 1.807) is 0 Å². The van der Waals surface area contributed by atoms with Crippen molar-refractivity contribution in [1.82, 2.24) is 4.90 Å². The molecule has 3 rings (SSSR count). The molecule has 1 amide bonds. The molecule has 26 heavy (non-hydrogen) atoms. The van der Waals surface area contributed by atoms with E-state index < -0.39 is 42.4 Å². The van der Waals surface area contributed by atoms with Gasteiger partial charge in [0.1, 0.15) is 11.6 Å². The molecule has 2 aliphatic rings. The molecule has 0 radical (unpaired) electrons. The van der Waals surface area contributed by atoms with Crippen LogP contribution in [0.15, 0.2) is 46.0 Å². The van der Waals surface area contributed by atoms with Crippen LogP contribution in [0.3, 0.4) is 0 Å². The van der Waals surface area contributed by atoms with Crippen molar-refractivity contribution in [2.45, 2.75) is 32.2 Å². The molecule has 1 aliphatic heterocycles. The summed E-state index contributed by atoms with van der Waals surface area (Å²) in [4.78, 5) is 25.0. The lowest BCUT2D eigenvalue weighted by Gasteiger charge is -2.28. The summed E-state index contributed by atoms with van der Waals surface area (Å²) in [5, 5.41) is 20.0. The summed E-state index contributed by atoms with van der Waals surface area (Å²) < 4.78 is 39.5. The number of fused-ring (bicyclic) bond motifs is 1. The average Bonchev–Trinajstić information content (AvgIpc) is 3.13. The number of carbonyl (C=O) groups excluding carboxylic acids is 1. The summed E-state index contributed by atoms with van der Waals surface area (Å²) in [6.07, 6.45) is -2.30. The van der Waals surface area contributed by atoms with Crippen molar-refractivity contribution < 1.29 is 33.0 Å². The largest absolute Gasteiger partial charge is 0.505 e. The van der Waals surface area contributed by atoms with Gasteiger partial charge in [0.25, 0.3) is 12.3 Å². The number of carboxylic acids is 1. The predicted molar refractivity (Wildman–Crippen MR) is 87.6 cm³/mol. The summed E-state index contributed by atoms with van der Waals surface area (Å²) in [7, 11) is 0. The van der Waals surface area contributed by atoms with Gasteiger partial charge in [-0.1, -0.05) is 0 Å². The minimum absolute atomic E-state index is 0.0276. The molecule has 0 spiro atoms. The normalized spacial score (nSPS) is 20.0. The summed E-state index contributed by atoms with van der Waals surface area (Å²) >= 11 is 0.742. The molecule has 1 aromatic heterocycles. The Balaban J connectivity index is 2.03. The molecule has 1 unspecified atom stereocenters. The number of halogens is 3. The molecule has 2 heterocycles. The molecule has 1 atom stereocenters. The number of alkyl halides is 2. The van der Waals surface area contributed by atoms with Crippen LogP contribution in [0.1, 0.15) is 41.4 Å². The highest BCUT2D eigenvalue weighted by Crippen LogP contribution is 2.43. The first-order chi connectivity index (χ1) is 12.2. The second-order valence-corrected chi connectivity index (χ2v) is 6.90. The van der Waals surface area contributed by atoms with Gasteiger partial charge in [0.05, 0.1) is 22.9 Å². The Morgan fingerprint density at radius 3 is 2.69 bits per heavy atom. The molecule has 0 saturated heterocycles. The first kappa shape index (κ1) is 18.2. The number of hydrogen-bond acceptors (Lipinski definition) is 4. The van der Waals surface area contributed by atoms with Gasteiger partial charge in [-0.15, -0.1) is 11.3 Å². The zero-order valence-electron chi connectivity index (χ0n) is 13.5. The zero-order valence-corrected chi connectivity index (χ0v) is 14.3. The third-order valence-electron chi connectivity index (χ3n) is 4.39. The van der Waals surface area contributed by atoms with Crippen molar-refractivity contribution in [3.05, 3.63) is 56.4 Å². The Bertz CT molecular complexity index is 884. The van der Waals surface area contributed by atoms with Crippen molar-refractivity contribution in [3.63, 3.8) is 0 Å². The third kappa shape index (κ3) is 3.03. The molecule has 0 aromatic carbocycles. The van der Waals surface area contributed by atoms with E-state index in [1.807, 2.05) is 0 Å². The Morgan fingerprint density at radius 2 is 2.12 bits per heavy atom. The highest BCUT2D eigenvalue weighted by atomic mass is 32.1. The number of aliphatic hydroxyl groups excluding tert-OH is 1. The van der Waals surface area contributed by atoms with Gasteiger partial charge in [-0.05, 0) is 30.2 Å². The second-order valence-electron chi connectivity index (χ2n) is 5.96. The third-order valence-corrected chi connectivity index (χ3v) is 5.33. The van der Waals surface area contributed by atoms with E-state index in [0.717, 1.165) is 23.5 Å². The summed E-state index contributed by atoms with van der Waals surface area (Å²) in [5.74, 6) is -3.18. The van der Waals surface area contributed by atoms with Crippen molar-refractivity contribution >= 4 is 23.2 Å². The Hall–Kier alpha value is -2.55. The van der Waals surface area contributed by atoms with E-state index in [-0.39, 0.29) is 16.9 Å². The standard InChI is InChI=1S/C17H14F3NO4S/c1-7-9(4-15(23)24)10-3-13(22)11(18)5-12(10)21(7)17(25)8-2-14(16(19)20)26-6-8/h2-3,6,12,16,22H,4-5H2,1H3,(H,23,24). The summed E-state index contributed by atoms with van der Waals surface area (Å²) in [6, 6.07) is 0.262. The minimum atomic E-state index is -2.71. The van der Waals surface area contributed by atoms with E-state index in [9.17, 15) is 27.9 Å². The maximum Gasteiger partial charge on any atom is 0.307 e. The van der Waals surface area contributed by atoms with Gasteiger partial charge in [0.2, 0.25) is 0 Å². The quantitative estimate of drug-likeness (QED) is 0.809. The van der Waals surface area contributed by atoms with E-state index in [0.29, 0.717) is 16.8 Å². The number of hydrogen-bond donors (Lipinski definition) is 2. The van der Waals surface area contributed by atoms with E-state index >= 15 is 0 Å². The number of thiophene rings is 1. The topological polar surface area (TPSA) is 77.8 Å². The maximum atomic E-state index is 13.9. The molecule has 0 bridgehead atoms. The first-order valence-corrected chi connectivity index (χ1v) is 8.50. The highest BCUT2D eigenvalue weighted by molar-refractivity contribution is 7.10. The lowest BCUT2D eigenvalue weighted by atomic mass is 9.92. The van der Waals surface area contributed by atoms with Crippen LogP contribution in [0.2, 0.25) is 0 Å². The van der Waals surface area contributed by atoms with Crippen LogP contribution in [0.4, 0.5) is 13.2 Å². The van der Waals surface area contributed by atoms with Gasteiger partial charge >= 0.3 is 5.97 Å². The lowest BCUT2D eigenvalue weighted by molar-refractivity contribution is -0.136. The molecule has 1 aromatic rings. The number of amides is 1. The predicted octanol–water partition coefficient (Wildman–Crippen LogP) is 4.33. The smallest absolute Gasteiger partial charge is 0.307 e. The van der Waals surface area contributed by atoms with Gasteiger partial charge in [0.15, 0.2) is 0 Å². The van der Waals surface area contributed by atoms with Gasteiger partial charge in [-0.2, -0.15) is 0 Å². The van der Waals surface area contributed by atoms with E-state index in [2.05, 4.69) is 0 Å². The molecule has 138 valence electrons. The fraction of sp³-hybridized carbons (Fsp3) is 0.294. The van der Waals surface area contributed by atoms with Crippen LogP contribution in [0.5, 0.6) is 0 Å². The summed E-state index contributed by atoms with van der Waals surface area (Å²) in [5.41, 5.74) is 0.987. The van der Waals surface area contributed by atoms with Crippen LogP contribution >= 0.6 is 11.3 Å². The van der Waals surface area contributed by atoms with Gasteiger partial charge < -0.3 is 15.1 Å². The maximum absolute atomic E-state index is 13.9. The molecule has 5 nitrogen and oxygen atoms in total. The van der Waals surface area contributed by atoms with Crippen molar-refractivity contribution in [1.29, 1.82) is 0 Å². The zero-order chi connectivity index (χ0) is 19.2. The molecular formula is C17H14F3NO4S. The van der Waals surface area contributed by atoms with Crippen molar-refractivity contribution in [2.75, 3.05) is 0 Å². The van der Waals surface area contributed by atoms with Gasteiger partial charge in [0, 0.05) is 17.5 Å². The number of carboxylic acid groups (broad SMARTS) is 1. The molecule has 0 saturated carbocycles. The Morgan fingerprint density at radius 1 is 1.42 bits per heavy atom. The number of rotatable bonds is 4. The number of carbonyl (C=O) groups is 2. The van der Waals surface area contributed by atoms with E-state index in [4.69, 9.17) is 5.11 Å². The van der Waals surface area contributed by atoms with E-state index in [1.165, 1.54) is 17.2 Å². The molecular weight excluding hydrogens is 371 g/mol. The fourth-order valence-electron chi connectivity index (χ4n) is 3.21. The molecule has 0 fully saturated rings. The highest BCUT2D eigenvalue weighted by Gasteiger charge is 2.41. The number of nitrogens with zero attached hydrogens (tertiary/aromatic N) is 1. The van der Waals surface area contributed by atoms with Crippen molar-refractivity contribution in [2.24, 2.45) is 0 Å². The molecule has 1 aliphatic carbocycles. The second kappa shape index (κ2) is 6.64. The summed E-state index contributed by atoms with van der Waals surface area (Å²) in [6.45, 7) is 1.52. The molecule has 2 N–H and O–H groups in total. The number of aliphatic hydroxyl groups is 1. The molecule has 9 heteroatoms. The van der Waals surface area contributed by atoms with Crippen LogP contribution in [0.25, 0.3) is 0 Å².